The van der Waals surface area contributed by atoms with Crippen LogP contribution in [0.4, 0.5) is 14.5 Å². The largest absolute Gasteiger partial charge is 0.378 e. The fraction of sp³-hybridized carbons (Fsp3) is 0.294. The minimum Gasteiger partial charge on any atom is -0.378 e. The number of halogens is 2. The topological polar surface area (TPSA) is 46.2 Å². The maximum absolute atomic E-state index is 13.7. The first-order chi connectivity index (χ1) is 10.7. The standard InChI is InChI=1S/C17H19F2NO2S/c1-12(16-8-5-14(18)11-17(16)19)20-15-6-3-13(4-7-15)9-10-23(2,21)22/h3-8,11-12,20H,9-10H2,1-2H3. The lowest BCUT2D eigenvalue weighted by atomic mass is 10.1. The van der Waals surface area contributed by atoms with Crippen LogP contribution in [0.5, 0.6) is 0 Å². The van der Waals surface area contributed by atoms with Gasteiger partial charge in [-0.3, -0.25) is 0 Å². The van der Waals surface area contributed by atoms with E-state index in [2.05, 4.69) is 5.32 Å². The molecule has 2 rings (SSSR count). The van der Waals surface area contributed by atoms with Crippen molar-refractivity contribution in [3.8, 4) is 0 Å². The smallest absolute Gasteiger partial charge is 0.147 e. The molecule has 0 saturated heterocycles. The van der Waals surface area contributed by atoms with Crippen LogP contribution in [-0.4, -0.2) is 20.4 Å². The summed E-state index contributed by atoms with van der Waals surface area (Å²) in [5, 5.41) is 3.14. The molecule has 1 unspecified atom stereocenters. The fourth-order valence-corrected chi connectivity index (χ4v) is 2.86. The summed E-state index contributed by atoms with van der Waals surface area (Å²) in [6, 6.07) is 10.5. The van der Waals surface area contributed by atoms with Crippen LogP contribution in [0.1, 0.15) is 24.1 Å². The summed E-state index contributed by atoms with van der Waals surface area (Å²) in [7, 11) is -2.98. The van der Waals surface area contributed by atoms with Gasteiger partial charge in [0.25, 0.3) is 0 Å². The lowest BCUT2D eigenvalue weighted by molar-refractivity contribution is 0.566. The molecule has 0 bridgehead atoms. The molecule has 2 aromatic carbocycles. The first-order valence-corrected chi connectivity index (χ1v) is 9.29. The van der Waals surface area contributed by atoms with E-state index in [9.17, 15) is 17.2 Å². The van der Waals surface area contributed by atoms with Crippen LogP contribution < -0.4 is 5.32 Å². The summed E-state index contributed by atoms with van der Waals surface area (Å²) in [6.07, 6.45) is 1.67. The monoisotopic (exact) mass is 339 g/mol. The van der Waals surface area contributed by atoms with Gasteiger partial charge < -0.3 is 5.32 Å². The molecule has 0 aliphatic rings. The van der Waals surface area contributed by atoms with Crippen molar-refractivity contribution in [2.45, 2.75) is 19.4 Å². The van der Waals surface area contributed by atoms with Crippen molar-refractivity contribution < 1.29 is 17.2 Å². The summed E-state index contributed by atoms with van der Waals surface area (Å²) in [4.78, 5) is 0. The molecule has 23 heavy (non-hydrogen) atoms. The Kier molecular flexibility index (Phi) is 5.36. The first-order valence-electron chi connectivity index (χ1n) is 7.23. The number of anilines is 1. The third kappa shape index (κ3) is 5.32. The van der Waals surface area contributed by atoms with Crippen molar-refractivity contribution in [1.82, 2.24) is 0 Å². The molecule has 124 valence electrons. The van der Waals surface area contributed by atoms with Gasteiger partial charge in [-0.1, -0.05) is 18.2 Å². The molecule has 0 fully saturated rings. The second kappa shape index (κ2) is 7.08. The van der Waals surface area contributed by atoms with Gasteiger partial charge in [0.2, 0.25) is 0 Å². The predicted molar refractivity (Wildman–Crippen MR) is 88.3 cm³/mol. The van der Waals surface area contributed by atoms with E-state index >= 15 is 0 Å². The molecule has 0 heterocycles. The highest BCUT2D eigenvalue weighted by molar-refractivity contribution is 7.90. The summed E-state index contributed by atoms with van der Waals surface area (Å²) >= 11 is 0. The van der Waals surface area contributed by atoms with Crippen LogP contribution in [0, 0.1) is 11.6 Å². The van der Waals surface area contributed by atoms with E-state index in [1.165, 1.54) is 18.4 Å². The van der Waals surface area contributed by atoms with Gasteiger partial charge in [0.15, 0.2) is 0 Å². The molecule has 0 aromatic heterocycles. The van der Waals surface area contributed by atoms with E-state index in [1.807, 2.05) is 24.3 Å². The Morgan fingerprint density at radius 3 is 2.30 bits per heavy atom. The number of rotatable bonds is 6. The van der Waals surface area contributed by atoms with Gasteiger partial charge >= 0.3 is 0 Å². The number of nitrogens with one attached hydrogen (secondary N) is 1. The highest BCUT2D eigenvalue weighted by Crippen LogP contribution is 2.22. The molecular formula is C17H19F2NO2S. The van der Waals surface area contributed by atoms with Crippen LogP contribution in [0.15, 0.2) is 42.5 Å². The average Bonchev–Trinajstić information content (AvgIpc) is 2.45. The van der Waals surface area contributed by atoms with Gasteiger partial charge in [0.05, 0.1) is 11.8 Å². The molecule has 0 aliphatic heterocycles. The number of hydrogen-bond donors (Lipinski definition) is 1. The Balaban J connectivity index is 2.02. The minimum absolute atomic E-state index is 0.108. The average molecular weight is 339 g/mol. The number of sulfone groups is 1. The zero-order chi connectivity index (χ0) is 17.0. The third-order valence-electron chi connectivity index (χ3n) is 3.53. The Hall–Kier alpha value is -1.95. The molecule has 0 aliphatic carbocycles. The van der Waals surface area contributed by atoms with Crippen LogP contribution in [-0.2, 0) is 16.3 Å². The SMILES string of the molecule is CC(Nc1ccc(CCS(C)(=O)=O)cc1)c1ccc(F)cc1F. The van der Waals surface area contributed by atoms with Gasteiger partial charge in [-0.25, -0.2) is 17.2 Å². The molecule has 2 aromatic rings. The normalized spacial score (nSPS) is 12.9. The maximum atomic E-state index is 13.7. The van der Waals surface area contributed by atoms with E-state index in [0.29, 0.717) is 12.0 Å². The molecule has 0 spiro atoms. The zero-order valence-corrected chi connectivity index (χ0v) is 13.8. The van der Waals surface area contributed by atoms with Crippen molar-refractivity contribution in [3.63, 3.8) is 0 Å². The van der Waals surface area contributed by atoms with Gasteiger partial charge in [0.1, 0.15) is 21.5 Å². The second-order valence-electron chi connectivity index (χ2n) is 5.61. The van der Waals surface area contributed by atoms with E-state index in [-0.39, 0.29) is 11.8 Å². The Bertz CT molecular complexity index is 774. The maximum Gasteiger partial charge on any atom is 0.147 e. The van der Waals surface area contributed by atoms with Crippen LogP contribution >= 0.6 is 0 Å². The van der Waals surface area contributed by atoms with Crippen molar-refractivity contribution in [2.24, 2.45) is 0 Å². The Morgan fingerprint density at radius 2 is 1.74 bits per heavy atom. The minimum atomic E-state index is -2.98. The van der Waals surface area contributed by atoms with E-state index in [1.54, 1.807) is 6.92 Å². The Labute approximate surface area is 135 Å². The zero-order valence-electron chi connectivity index (χ0n) is 13.0. The number of aryl methyl sites for hydroxylation is 1. The molecule has 3 nitrogen and oxygen atoms in total. The fourth-order valence-electron chi connectivity index (χ4n) is 2.25. The Morgan fingerprint density at radius 1 is 1.09 bits per heavy atom. The van der Waals surface area contributed by atoms with Gasteiger partial charge in [-0.15, -0.1) is 0 Å². The van der Waals surface area contributed by atoms with Crippen LogP contribution in [0.2, 0.25) is 0 Å². The highest BCUT2D eigenvalue weighted by atomic mass is 32.2. The van der Waals surface area contributed by atoms with E-state index < -0.39 is 21.5 Å². The molecule has 1 N–H and O–H groups in total. The molecule has 1 atom stereocenters. The van der Waals surface area contributed by atoms with E-state index in [0.717, 1.165) is 17.3 Å². The quantitative estimate of drug-likeness (QED) is 0.872. The van der Waals surface area contributed by atoms with Crippen LogP contribution in [0.25, 0.3) is 0 Å². The van der Waals surface area contributed by atoms with Gasteiger partial charge in [-0.05, 0) is 37.1 Å². The molecule has 0 radical (unpaired) electrons. The van der Waals surface area contributed by atoms with Crippen molar-refractivity contribution in [2.75, 3.05) is 17.3 Å². The predicted octanol–water partition coefficient (Wildman–Crippen LogP) is 3.73. The van der Waals surface area contributed by atoms with E-state index in [4.69, 9.17) is 0 Å². The van der Waals surface area contributed by atoms with Crippen molar-refractivity contribution >= 4 is 15.5 Å². The van der Waals surface area contributed by atoms with Crippen LogP contribution in [0.3, 0.4) is 0 Å². The summed E-state index contributed by atoms with van der Waals surface area (Å²) in [6.45, 7) is 1.79. The van der Waals surface area contributed by atoms with Crippen molar-refractivity contribution in [1.29, 1.82) is 0 Å². The molecule has 0 amide bonds. The highest BCUT2D eigenvalue weighted by Gasteiger charge is 2.11. The van der Waals surface area contributed by atoms with Gasteiger partial charge in [0, 0.05) is 23.6 Å². The molecule has 6 heteroatoms. The van der Waals surface area contributed by atoms with Crippen molar-refractivity contribution in [3.05, 3.63) is 65.2 Å². The second-order valence-corrected chi connectivity index (χ2v) is 7.87. The molecular weight excluding hydrogens is 320 g/mol. The third-order valence-corrected chi connectivity index (χ3v) is 4.47. The van der Waals surface area contributed by atoms with Gasteiger partial charge in [-0.2, -0.15) is 0 Å². The molecule has 0 saturated carbocycles. The summed E-state index contributed by atoms with van der Waals surface area (Å²) < 4.78 is 49.0. The number of hydrogen-bond acceptors (Lipinski definition) is 3. The lowest BCUT2D eigenvalue weighted by Gasteiger charge is -2.16. The summed E-state index contributed by atoms with van der Waals surface area (Å²) in [5.41, 5.74) is 2.08. The number of benzene rings is 2. The lowest BCUT2D eigenvalue weighted by Crippen LogP contribution is -2.09. The first kappa shape index (κ1) is 17.4. The summed E-state index contributed by atoms with van der Waals surface area (Å²) in [5.74, 6) is -1.08.